The minimum Gasteiger partial charge on any atom is -0.481 e. The van der Waals surface area contributed by atoms with Crippen molar-refractivity contribution in [2.75, 3.05) is 6.54 Å². The molecule has 0 aliphatic heterocycles. The lowest BCUT2D eigenvalue weighted by molar-refractivity contribution is -0.127. The summed E-state index contributed by atoms with van der Waals surface area (Å²) in [5.74, 6) is 0.909. The monoisotopic (exact) mass is 311 g/mol. The van der Waals surface area contributed by atoms with E-state index in [2.05, 4.69) is 31.3 Å². The van der Waals surface area contributed by atoms with Crippen LogP contribution in [0.2, 0.25) is 0 Å². The van der Waals surface area contributed by atoms with Gasteiger partial charge in [0.25, 0.3) is 5.91 Å². The molecule has 0 radical (unpaired) electrons. The molecule has 0 aliphatic rings. The Morgan fingerprint density at radius 1 is 1.04 bits per heavy atom. The van der Waals surface area contributed by atoms with Crippen LogP contribution in [0.5, 0.6) is 5.75 Å². The molecule has 0 bridgehead atoms. The first-order valence-corrected chi connectivity index (χ1v) is 8.04. The number of hydrogen-bond donors (Lipinski definition) is 1. The SMILES string of the molecule is Cc1ccc(O[C@H](C)C(=O)NC[C@@H](C)c2ccccc2)cc1C. The number of carbonyl (C=O) groups is 1. The van der Waals surface area contributed by atoms with Crippen molar-refractivity contribution in [1.82, 2.24) is 5.32 Å². The van der Waals surface area contributed by atoms with E-state index < -0.39 is 6.10 Å². The van der Waals surface area contributed by atoms with E-state index in [1.807, 2.05) is 43.3 Å². The van der Waals surface area contributed by atoms with Crippen molar-refractivity contribution >= 4 is 5.91 Å². The van der Waals surface area contributed by atoms with Crippen LogP contribution in [0.4, 0.5) is 0 Å². The Balaban J connectivity index is 1.86. The Labute approximate surface area is 138 Å². The standard InChI is InChI=1S/C20H25NO2/c1-14-10-11-19(12-15(14)2)23-17(4)20(22)21-13-16(3)18-8-6-5-7-9-18/h5-12,16-17H,13H2,1-4H3,(H,21,22)/t16-,17-/m1/s1. The molecule has 122 valence electrons. The molecule has 0 saturated carbocycles. The number of nitrogens with one attached hydrogen (secondary N) is 1. The zero-order valence-corrected chi connectivity index (χ0v) is 14.3. The van der Waals surface area contributed by atoms with Crippen LogP contribution in [-0.4, -0.2) is 18.6 Å². The zero-order valence-electron chi connectivity index (χ0n) is 14.3. The molecule has 0 aromatic heterocycles. The van der Waals surface area contributed by atoms with Gasteiger partial charge in [-0.1, -0.05) is 43.3 Å². The van der Waals surface area contributed by atoms with Crippen molar-refractivity contribution in [3.8, 4) is 5.75 Å². The lowest BCUT2D eigenvalue weighted by Gasteiger charge is -2.18. The van der Waals surface area contributed by atoms with Crippen molar-refractivity contribution in [2.45, 2.75) is 39.7 Å². The maximum absolute atomic E-state index is 12.2. The summed E-state index contributed by atoms with van der Waals surface area (Å²) in [4.78, 5) is 12.2. The third kappa shape index (κ3) is 4.85. The second-order valence-corrected chi connectivity index (χ2v) is 6.06. The smallest absolute Gasteiger partial charge is 0.260 e. The van der Waals surface area contributed by atoms with Crippen LogP contribution in [-0.2, 0) is 4.79 Å². The van der Waals surface area contributed by atoms with Crippen molar-refractivity contribution in [1.29, 1.82) is 0 Å². The van der Waals surface area contributed by atoms with E-state index in [0.29, 0.717) is 6.54 Å². The lowest BCUT2D eigenvalue weighted by Crippen LogP contribution is -2.38. The summed E-state index contributed by atoms with van der Waals surface area (Å²) < 4.78 is 5.74. The average Bonchev–Trinajstić information content (AvgIpc) is 2.56. The molecule has 3 nitrogen and oxygen atoms in total. The topological polar surface area (TPSA) is 38.3 Å². The maximum Gasteiger partial charge on any atom is 0.260 e. The molecule has 0 saturated heterocycles. The maximum atomic E-state index is 12.2. The molecule has 0 fully saturated rings. The molecule has 1 N–H and O–H groups in total. The summed E-state index contributed by atoms with van der Waals surface area (Å²) in [7, 11) is 0. The molecule has 0 aliphatic carbocycles. The van der Waals surface area contributed by atoms with E-state index in [1.54, 1.807) is 6.92 Å². The Kier molecular flexibility index (Phi) is 5.80. The molecule has 2 aromatic rings. The fourth-order valence-corrected chi connectivity index (χ4v) is 2.34. The van der Waals surface area contributed by atoms with E-state index in [4.69, 9.17) is 4.74 Å². The fourth-order valence-electron chi connectivity index (χ4n) is 2.34. The molecule has 3 heteroatoms. The van der Waals surface area contributed by atoms with Gasteiger partial charge in [-0.15, -0.1) is 0 Å². The van der Waals surface area contributed by atoms with Crippen molar-refractivity contribution < 1.29 is 9.53 Å². The zero-order chi connectivity index (χ0) is 16.8. The summed E-state index contributed by atoms with van der Waals surface area (Å²) in [6, 6.07) is 16.0. The van der Waals surface area contributed by atoms with Gasteiger partial charge in [0.2, 0.25) is 0 Å². The van der Waals surface area contributed by atoms with Gasteiger partial charge in [0.1, 0.15) is 5.75 Å². The number of hydrogen-bond acceptors (Lipinski definition) is 2. The molecule has 23 heavy (non-hydrogen) atoms. The van der Waals surface area contributed by atoms with E-state index in [1.165, 1.54) is 11.1 Å². The fraction of sp³-hybridized carbons (Fsp3) is 0.350. The van der Waals surface area contributed by atoms with Gasteiger partial charge in [-0.3, -0.25) is 4.79 Å². The number of ether oxygens (including phenoxy) is 1. The number of aryl methyl sites for hydroxylation is 2. The first kappa shape index (κ1) is 17.1. The van der Waals surface area contributed by atoms with Crippen LogP contribution < -0.4 is 10.1 Å². The van der Waals surface area contributed by atoms with Gasteiger partial charge < -0.3 is 10.1 Å². The Hall–Kier alpha value is -2.29. The van der Waals surface area contributed by atoms with Crippen molar-refractivity contribution in [3.63, 3.8) is 0 Å². The molecule has 0 unspecified atom stereocenters. The Bertz CT molecular complexity index is 652. The predicted molar refractivity (Wildman–Crippen MR) is 93.9 cm³/mol. The number of carbonyl (C=O) groups excluding carboxylic acids is 1. The van der Waals surface area contributed by atoms with Crippen molar-refractivity contribution in [2.24, 2.45) is 0 Å². The first-order valence-electron chi connectivity index (χ1n) is 8.04. The van der Waals surface area contributed by atoms with Gasteiger partial charge in [-0.05, 0) is 55.5 Å². The number of benzene rings is 2. The molecule has 2 atom stereocenters. The number of amides is 1. The summed E-state index contributed by atoms with van der Waals surface area (Å²) in [5, 5.41) is 2.96. The third-order valence-electron chi connectivity index (χ3n) is 4.11. The minimum atomic E-state index is -0.514. The molecule has 0 heterocycles. The highest BCUT2D eigenvalue weighted by Gasteiger charge is 2.16. The predicted octanol–water partition coefficient (Wildman–Crippen LogP) is 3.99. The van der Waals surface area contributed by atoms with E-state index >= 15 is 0 Å². The summed E-state index contributed by atoms with van der Waals surface area (Å²) in [5.41, 5.74) is 3.59. The van der Waals surface area contributed by atoms with Crippen LogP contribution >= 0.6 is 0 Å². The highest BCUT2D eigenvalue weighted by Crippen LogP contribution is 2.18. The van der Waals surface area contributed by atoms with Crippen LogP contribution in [0.25, 0.3) is 0 Å². The molecule has 2 rings (SSSR count). The Morgan fingerprint density at radius 2 is 1.74 bits per heavy atom. The van der Waals surface area contributed by atoms with Crippen LogP contribution in [0.3, 0.4) is 0 Å². The van der Waals surface area contributed by atoms with Gasteiger partial charge in [-0.25, -0.2) is 0 Å². The van der Waals surface area contributed by atoms with Gasteiger partial charge in [0, 0.05) is 6.54 Å². The van der Waals surface area contributed by atoms with Gasteiger partial charge in [0.05, 0.1) is 0 Å². The van der Waals surface area contributed by atoms with Crippen LogP contribution in [0, 0.1) is 13.8 Å². The second-order valence-electron chi connectivity index (χ2n) is 6.06. The molecular formula is C20H25NO2. The Morgan fingerprint density at radius 3 is 2.39 bits per heavy atom. The average molecular weight is 311 g/mol. The van der Waals surface area contributed by atoms with Gasteiger partial charge in [-0.2, -0.15) is 0 Å². The summed E-state index contributed by atoms with van der Waals surface area (Å²) in [6.07, 6.45) is -0.514. The summed E-state index contributed by atoms with van der Waals surface area (Å²) in [6.45, 7) is 8.57. The van der Waals surface area contributed by atoms with E-state index in [0.717, 1.165) is 11.3 Å². The van der Waals surface area contributed by atoms with Gasteiger partial charge >= 0.3 is 0 Å². The minimum absolute atomic E-state index is 0.0917. The lowest BCUT2D eigenvalue weighted by atomic mass is 10.0. The highest BCUT2D eigenvalue weighted by molar-refractivity contribution is 5.80. The van der Waals surface area contributed by atoms with Crippen LogP contribution in [0.15, 0.2) is 48.5 Å². The largest absolute Gasteiger partial charge is 0.481 e. The quantitative estimate of drug-likeness (QED) is 0.876. The van der Waals surface area contributed by atoms with Gasteiger partial charge in [0.15, 0.2) is 6.10 Å². The van der Waals surface area contributed by atoms with Crippen LogP contribution in [0.1, 0.15) is 36.5 Å². The molecule has 0 spiro atoms. The first-order chi connectivity index (χ1) is 11.0. The third-order valence-corrected chi connectivity index (χ3v) is 4.11. The molecular weight excluding hydrogens is 286 g/mol. The second kappa shape index (κ2) is 7.82. The number of rotatable bonds is 6. The molecule has 1 amide bonds. The van der Waals surface area contributed by atoms with E-state index in [9.17, 15) is 4.79 Å². The highest BCUT2D eigenvalue weighted by atomic mass is 16.5. The van der Waals surface area contributed by atoms with Crippen molar-refractivity contribution in [3.05, 3.63) is 65.2 Å². The normalized spacial score (nSPS) is 13.2. The molecule has 2 aromatic carbocycles. The summed E-state index contributed by atoms with van der Waals surface area (Å²) >= 11 is 0. The van der Waals surface area contributed by atoms with E-state index in [-0.39, 0.29) is 11.8 Å².